The van der Waals surface area contributed by atoms with E-state index in [9.17, 15) is 19.7 Å². The first-order chi connectivity index (χ1) is 14.4. The number of hydrogen-bond donors (Lipinski definition) is 2. The van der Waals surface area contributed by atoms with Gasteiger partial charge in [0.2, 0.25) is 6.79 Å². The zero-order valence-electron chi connectivity index (χ0n) is 15.8. The molecule has 30 heavy (non-hydrogen) atoms. The molecule has 154 valence electrons. The van der Waals surface area contributed by atoms with E-state index in [1.54, 1.807) is 25.1 Å². The number of fused-ring (bicyclic) bond motifs is 1. The number of benzene rings is 2. The van der Waals surface area contributed by atoms with E-state index in [-0.39, 0.29) is 24.7 Å². The third kappa shape index (κ3) is 3.75. The quantitative estimate of drug-likeness (QED) is 0.440. The lowest BCUT2D eigenvalue weighted by Gasteiger charge is -2.28. The smallest absolute Gasteiger partial charge is 0.338 e. The molecule has 10 heteroatoms. The lowest BCUT2D eigenvalue weighted by atomic mass is 9.95. The van der Waals surface area contributed by atoms with Crippen molar-refractivity contribution in [2.24, 2.45) is 0 Å². The van der Waals surface area contributed by atoms with Crippen LogP contribution in [-0.4, -0.2) is 23.7 Å². The number of allylic oxidation sites excluding steroid dienone is 1. The van der Waals surface area contributed by atoms with E-state index < -0.39 is 23.0 Å². The van der Waals surface area contributed by atoms with Crippen LogP contribution in [0.3, 0.4) is 0 Å². The number of nitro groups is 1. The van der Waals surface area contributed by atoms with Crippen molar-refractivity contribution < 1.29 is 28.7 Å². The summed E-state index contributed by atoms with van der Waals surface area (Å²) in [5.74, 6) is 0.580. The number of rotatable bonds is 5. The second-order valence-corrected chi connectivity index (χ2v) is 6.68. The van der Waals surface area contributed by atoms with Gasteiger partial charge in [-0.3, -0.25) is 10.1 Å². The fourth-order valence-corrected chi connectivity index (χ4v) is 3.26. The minimum absolute atomic E-state index is 0.00676. The van der Waals surface area contributed by atoms with Crippen molar-refractivity contribution in [2.75, 3.05) is 6.79 Å². The highest BCUT2D eigenvalue weighted by atomic mass is 16.7. The summed E-state index contributed by atoms with van der Waals surface area (Å²) in [6.45, 7) is 1.73. The summed E-state index contributed by atoms with van der Waals surface area (Å²) in [4.78, 5) is 35.2. The van der Waals surface area contributed by atoms with Gasteiger partial charge in [0.25, 0.3) is 5.69 Å². The van der Waals surface area contributed by atoms with Gasteiger partial charge in [-0.2, -0.15) is 0 Å². The Morgan fingerprint density at radius 3 is 2.67 bits per heavy atom. The number of hydrogen-bond acceptors (Lipinski definition) is 7. The number of non-ortho nitro benzene ring substituents is 1. The van der Waals surface area contributed by atoms with E-state index in [4.69, 9.17) is 14.2 Å². The maximum absolute atomic E-state index is 12.8. The molecule has 10 nitrogen and oxygen atoms in total. The summed E-state index contributed by atoms with van der Waals surface area (Å²) >= 11 is 0. The molecule has 0 saturated heterocycles. The van der Waals surface area contributed by atoms with Crippen LogP contribution in [0.25, 0.3) is 0 Å². The molecule has 0 bridgehead atoms. The van der Waals surface area contributed by atoms with Gasteiger partial charge in [0.05, 0.1) is 16.5 Å². The van der Waals surface area contributed by atoms with Crippen molar-refractivity contribution in [3.63, 3.8) is 0 Å². The topological polar surface area (TPSA) is 129 Å². The molecule has 2 aliphatic rings. The fourth-order valence-electron chi connectivity index (χ4n) is 3.26. The minimum Gasteiger partial charge on any atom is -0.457 e. The van der Waals surface area contributed by atoms with Crippen molar-refractivity contribution >= 4 is 17.7 Å². The molecule has 1 unspecified atom stereocenters. The number of nitrogens with zero attached hydrogens (tertiary/aromatic N) is 1. The molecule has 0 spiro atoms. The van der Waals surface area contributed by atoms with Gasteiger partial charge < -0.3 is 24.8 Å². The van der Waals surface area contributed by atoms with Crippen molar-refractivity contribution in [1.29, 1.82) is 0 Å². The van der Waals surface area contributed by atoms with E-state index >= 15 is 0 Å². The predicted molar refractivity (Wildman–Crippen MR) is 103 cm³/mol. The Kier molecular flexibility index (Phi) is 4.97. The Labute approximate surface area is 170 Å². The highest BCUT2D eigenvalue weighted by Crippen LogP contribution is 2.33. The highest BCUT2D eigenvalue weighted by Gasteiger charge is 2.32. The van der Waals surface area contributed by atoms with Gasteiger partial charge in [-0.25, -0.2) is 9.59 Å². The third-order valence-electron chi connectivity index (χ3n) is 4.73. The average Bonchev–Trinajstić information content (AvgIpc) is 3.19. The lowest BCUT2D eigenvalue weighted by molar-refractivity contribution is -0.384. The first kappa shape index (κ1) is 19.2. The van der Waals surface area contributed by atoms with Gasteiger partial charge in [0.1, 0.15) is 6.61 Å². The molecule has 2 aromatic rings. The summed E-state index contributed by atoms with van der Waals surface area (Å²) in [6, 6.07) is 9.55. The van der Waals surface area contributed by atoms with Gasteiger partial charge >= 0.3 is 12.0 Å². The second kappa shape index (κ2) is 7.74. The number of esters is 1. The van der Waals surface area contributed by atoms with Crippen molar-refractivity contribution in [2.45, 2.75) is 19.6 Å². The van der Waals surface area contributed by atoms with E-state index in [1.807, 2.05) is 0 Å². The van der Waals surface area contributed by atoms with Crippen LogP contribution >= 0.6 is 0 Å². The fraction of sp³-hybridized carbons (Fsp3) is 0.200. The molecule has 0 saturated carbocycles. The van der Waals surface area contributed by atoms with Crippen LogP contribution in [-0.2, 0) is 16.1 Å². The van der Waals surface area contributed by atoms with Crippen LogP contribution in [0, 0.1) is 10.1 Å². The standard InChI is InChI=1S/C20H17N3O7/c1-11-17(19(24)28-9-12-2-7-15-16(8-12)30-10-29-15)18(22-20(25)21-11)13-3-5-14(6-4-13)23(26)27/h2-8,18H,9-10H2,1H3,(H2,21,22,25). The van der Waals surface area contributed by atoms with Crippen LogP contribution < -0.4 is 20.1 Å². The molecule has 4 rings (SSSR count). The summed E-state index contributed by atoms with van der Waals surface area (Å²) in [7, 11) is 0. The molecule has 2 amide bonds. The average molecular weight is 411 g/mol. The van der Waals surface area contributed by atoms with Gasteiger partial charge in [-0.05, 0) is 42.3 Å². The number of ether oxygens (including phenoxy) is 3. The molecule has 1 atom stereocenters. The third-order valence-corrected chi connectivity index (χ3v) is 4.73. The number of nitrogens with one attached hydrogen (secondary N) is 2. The number of carbonyl (C=O) groups excluding carboxylic acids is 2. The highest BCUT2D eigenvalue weighted by molar-refractivity contribution is 5.95. The maximum Gasteiger partial charge on any atom is 0.338 e. The van der Waals surface area contributed by atoms with Crippen LogP contribution in [0.4, 0.5) is 10.5 Å². The molecule has 2 heterocycles. The van der Waals surface area contributed by atoms with Gasteiger partial charge in [-0.15, -0.1) is 0 Å². The van der Waals surface area contributed by atoms with Crippen LogP contribution in [0.2, 0.25) is 0 Å². The Hall–Kier alpha value is -4.08. The molecular weight excluding hydrogens is 394 g/mol. The summed E-state index contributed by atoms with van der Waals surface area (Å²) < 4.78 is 16.0. The first-order valence-electron chi connectivity index (χ1n) is 9.00. The monoisotopic (exact) mass is 411 g/mol. The van der Waals surface area contributed by atoms with Gasteiger partial charge in [0, 0.05) is 17.8 Å². The normalized spacial score (nSPS) is 17.2. The van der Waals surface area contributed by atoms with E-state index in [0.717, 1.165) is 0 Å². The summed E-state index contributed by atoms with van der Waals surface area (Å²) in [5, 5.41) is 16.1. The van der Waals surface area contributed by atoms with Crippen molar-refractivity contribution in [1.82, 2.24) is 10.6 Å². The number of nitro benzene ring substituents is 1. The Bertz CT molecular complexity index is 1060. The number of carbonyl (C=O) groups is 2. The zero-order chi connectivity index (χ0) is 21.3. The van der Waals surface area contributed by atoms with Crippen LogP contribution in [0.5, 0.6) is 11.5 Å². The Balaban J connectivity index is 1.54. The number of urea groups is 1. The predicted octanol–water partition coefficient (Wildman–Crippen LogP) is 2.69. The summed E-state index contributed by atoms with van der Waals surface area (Å²) in [5.41, 5.74) is 1.70. The Morgan fingerprint density at radius 2 is 1.93 bits per heavy atom. The minimum atomic E-state index is -0.802. The lowest BCUT2D eigenvalue weighted by Crippen LogP contribution is -2.45. The molecule has 0 aliphatic carbocycles. The molecule has 0 radical (unpaired) electrons. The zero-order valence-corrected chi connectivity index (χ0v) is 15.8. The van der Waals surface area contributed by atoms with Crippen molar-refractivity contribution in [3.8, 4) is 11.5 Å². The molecule has 0 aromatic heterocycles. The largest absolute Gasteiger partial charge is 0.457 e. The SMILES string of the molecule is CC1=C(C(=O)OCc2ccc3c(c2)OCO3)C(c2ccc([N+](=O)[O-])cc2)NC(=O)N1. The molecule has 2 N–H and O–H groups in total. The first-order valence-corrected chi connectivity index (χ1v) is 9.00. The van der Waals surface area contributed by atoms with Gasteiger partial charge in [-0.1, -0.05) is 6.07 Å². The van der Waals surface area contributed by atoms with E-state index in [1.165, 1.54) is 24.3 Å². The number of amides is 2. The van der Waals surface area contributed by atoms with Crippen molar-refractivity contribution in [3.05, 3.63) is 75.0 Å². The Morgan fingerprint density at radius 1 is 1.20 bits per heavy atom. The van der Waals surface area contributed by atoms with Crippen LogP contribution in [0.1, 0.15) is 24.1 Å². The summed E-state index contributed by atoms with van der Waals surface area (Å²) in [6.07, 6.45) is 0. The van der Waals surface area contributed by atoms with Crippen LogP contribution in [0.15, 0.2) is 53.7 Å². The van der Waals surface area contributed by atoms with E-state index in [2.05, 4.69) is 10.6 Å². The maximum atomic E-state index is 12.8. The van der Waals surface area contributed by atoms with Gasteiger partial charge in [0.15, 0.2) is 11.5 Å². The molecule has 2 aromatic carbocycles. The molecule has 2 aliphatic heterocycles. The van der Waals surface area contributed by atoms with E-state index in [0.29, 0.717) is 28.3 Å². The molecular formula is C20H17N3O7. The molecule has 0 fully saturated rings. The second-order valence-electron chi connectivity index (χ2n) is 6.68.